The summed E-state index contributed by atoms with van der Waals surface area (Å²) in [6, 6.07) is 5.65. The first-order chi connectivity index (χ1) is 9.23. The van der Waals surface area contributed by atoms with Gasteiger partial charge in [-0.1, -0.05) is 6.92 Å². The van der Waals surface area contributed by atoms with Crippen LogP contribution < -0.4 is 9.47 Å². The maximum absolute atomic E-state index is 9.26. The van der Waals surface area contributed by atoms with Crippen molar-refractivity contribution in [3.8, 4) is 11.5 Å². The number of hydrogen-bond donors (Lipinski definition) is 1. The zero-order valence-electron chi connectivity index (χ0n) is 11.6. The molecule has 0 bridgehead atoms. The number of nitrogens with zero attached hydrogens (tertiary/aromatic N) is 1. The predicted octanol–water partition coefficient (Wildman–Crippen LogP) is 1.42. The van der Waals surface area contributed by atoms with Crippen molar-refractivity contribution in [2.75, 3.05) is 33.9 Å². The van der Waals surface area contributed by atoms with E-state index in [1.165, 1.54) is 0 Å². The minimum atomic E-state index is -0.202. The molecule has 106 valence electrons. The molecule has 1 fully saturated rings. The molecule has 0 saturated carbocycles. The number of methoxy groups -OCH3 is 2. The molecule has 5 nitrogen and oxygen atoms in total. The summed E-state index contributed by atoms with van der Waals surface area (Å²) in [5.41, 5.74) is 0.930. The van der Waals surface area contributed by atoms with Crippen LogP contribution in [0, 0.1) is 0 Å². The molecule has 19 heavy (non-hydrogen) atoms. The highest BCUT2D eigenvalue weighted by Crippen LogP contribution is 2.37. The molecule has 0 radical (unpaired) electrons. The monoisotopic (exact) mass is 267 g/mol. The molecule has 2 atom stereocenters. The van der Waals surface area contributed by atoms with E-state index in [-0.39, 0.29) is 18.9 Å². The summed E-state index contributed by atoms with van der Waals surface area (Å²) in [5.74, 6) is 1.53. The highest BCUT2D eigenvalue weighted by atomic mass is 16.5. The van der Waals surface area contributed by atoms with Crippen LogP contribution in [0.3, 0.4) is 0 Å². The van der Waals surface area contributed by atoms with Gasteiger partial charge in [0, 0.05) is 12.1 Å². The smallest absolute Gasteiger partial charge is 0.141 e. The lowest BCUT2D eigenvalue weighted by molar-refractivity contribution is -0.0196. The van der Waals surface area contributed by atoms with Gasteiger partial charge >= 0.3 is 0 Å². The minimum Gasteiger partial charge on any atom is -0.497 e. The van der Waals surface area contributed by atoms with Gasteiger partial charge in [-0.25, -0.2) is 0 Å². The third-order valence-electron chi connectivity index (χ3n) is 3.40. The van der Waals surface area contributed by atoms with Gasteiger partial charge in [0.15, 0.2) is 0 Å². The highest BCUT2D eigenvalue weighted by Gasteiger charge is 2.34. The SMILES string of the molecule is CCN1CC(CO)OC1c1cc(OC)ccc1OC. The van der Waals surface area contributed by atoms with Gasteiger partial charge in [-0.3, -0.25) is 4.90 Å². The van der Waals surface area contributed by atoms with E-state index < -0.39 is 0 Å². The van der Waals surface area contributed by atoms with Crippen molar-refractivity contribution in [3.05, 3.63) is 23.8 Å². The molecule has 1 aromatic carbocycles. The number of benzene rings is 1. The molecule has 0 amide bonds. The molecule has 2 unspecified atom stereocenters. The van der Waals surface area contributed by atoms with E-state index in [2.05, 4.69) is 11.8 Å². The topological polar surface area (TPSA) is 51.2 Å². The van der Waals surface area contributed by atoms with Crippen LogP contribution in [0.5, 0.6) is 11.5 Å². The molecular formula is C14H21NO4. The highest BCUT2D eigenvalue weighted by molar-refractivity contribution is 5.41. The summed E-state index contributed by atoms with van der Waals surface area (Å²) in [6.07, 6.45) is -0.354. The van der Waals surface area contributed by atoms with Crippen LogP contribution in [0.25, 0.3) is 0 Å². The summed E-state index contributed by atoms with van der Waals surface area (Å²) >= 11 is 0. The van der Waals surface area contributed by atoms with E-state index in [0.29, 0.717) is 0 Å². The second kappa shape index (κ2) is 6.23. The molecule has 1 aliphatic heterocycles. The van der Waals surface area contributed by atoms with Gasteiger partial charge in [0.05, 0.1) is 26.9 Å². The Morgan fingerprint density at radius 3 is 2.74 bits per heavy atom. The number of rotatable bonds is 5. The van der Waals surface area contributed by atoms with Crippen LogP contribution >= 0.6 is 0 Å². The van der Waals surface area contributed by atoms with E-state index in [0.717, 1.165) is 30.2 Å². The Hall–Kier alpha value is -1.30. The fourth-order valence-corrected chi connectivity index (χ4v) is 2.37. The molecule has 0 spiro atoms. The Labute approximate surface area is 113 Å². The lowest BCUT2D eigenvalue weighted by Crippen LogP contribution is -2.25. The molecule has 1 aliphatic rings. The van der Waals surface area contributed by atoms with Crippen molar-refractivity contribution in [1.29, 1.82) is 0 Å². The Kier molecular flexibility index (Phi) is 4.63. The third kappa shape index (κ3) is 2.83. The zero-order chi connectivity index (χ0) is 13.8. The van der Waals surface area contributed by atoms with Crippen LogP contribution in [0.1, 0.15) is 18.7 Å². The van der Waals surface area contributed by atoms with Crippen molar-refractivity contribution < 1.29 is 19.3 Å². The number of aliphatic hydroxyl groups excluding tert-OH is 1. The average molecular weight is 267 g/mol. The fraction of sp³-hybridized carbons (Fsp3) is 0.571. The number of hydrogen-bond acceptors (Lipinski definition) is 5. The van der Waals surface area contributed by atoms with Gasteiger partial charge < -0.3 is 19.3 Å². The molecule has 2 rings (SSSR count). The van der Waals surface area contributed by atoms with Crippen molar-refractivity contribution in [1.82, 2.24) is 4.90 Å². The van der Waals surface area contributed by atoms with Gasteiger partial charge in [0.1, 0.15) is 17.7 Å². The van der Waals surface area contributed by atoms with Crippen molar-refractivity contribution in [3.63, 3.8) is 0 Å². The minimum absolute atomic E-state index is 0.0271. The average Bonchev–Trinajstić information content (AvgIpc) is 2.89. The quantitative estimate of drug-likeness (QED) is 0.874. The third-order valence-corrected chi connectivity index (χ3v) is 3.40. The first kappa shape index (κ1) is 14.1. The van der Waals surface area contributed by atoms with Crippen molar-refractivity contribution in [2.24, 2.45) is 0 Å². The maximum Gasteiger partial charge on any atom is 0.141 e. The van der Waals surface area contributed by atoms with Crippen LogP contribution in [0.15, 0.2) is 18.2 Å². The van der Waals surface area contributed by atoms with Gasteiger partial charge in [0.2, 0.25) is 0 Å². The van der Waals surface area contributed by atoms with Gasteiger partial charge in [-0.2, -0.15) is 0 Å². The molecule has 0 aromatic heterocycles. The fourth-order valence-electron chi connectivity index (χ4n) is 2.37. The second-order valence-electron chi connectivity index (χ2n) is 4.49. The van der Waals surface area contributed by atoms with E-state index in [1.807, 2.05) is 18.2 Å². The normalized spacial score (nSPS) is 23.6. The summed E-state index contributed by atoms with van der Waals surface area (Å²) in [7, 11) is 3.27. The van der Waals surface area contributed by atoms with E-state index in [1.54, 1.807) is 14.2 Å². The molecular weight excluding hydrogens is 246 g/mol. The molecule has 1 saturated heterocycles. The van der Waals surface area contributed by atoms with Gasteiger partial charge in [0.25, 0.3) is 0 Å². The standard InChI is InChI=1S/C14H21NO4/c1-4-15-8-11(9-16)19-14(15)12-7-10(17-2)5-6-13(12)18-3/h5-7,11,14,16H,4,8-9H2,1-3H3. The van der Waals surface area contributed by atoms with Crippen LogP contribution in [0.2, 0.25) is 0 Å². The van der Waals surface area contributed by atoms with Crippen LogP contribution in [-0.2, 0) is 4.74 Å². The molecule has 1 N–H and O–H groups in total. The Morgan fingerprint density at radius 2 is 2.16 bits per heavy atom. The zero-order valence-corrected chi connectivity index (χ0v) is 11.6. The summed E-state index contributed by atoms with van der Waals surface area (Å²) < 4.78 is 16.5. The van der Waals surface area contributed by atoms with E-state index >= 15 is 0 Å². The Balaban J connectivity index is 2.33. The Morgan fingerprint density at radius 1 is 1.37 bits per heavy atom. The molecule has 0 aliphatic carbocycles. The summed E-state index contributed by atoms with van der Waals surface area (Å²) in [6.45, 7) is 3.67. The van der Waals surface area contributed by atoms with Crippen molar-refractivity contribution in [2.45, 2.75) is 19.3 Å². The first-order valence-corrected chi connectivity index (χ1v) is 6.45. The lowest BCUT2D eigenvalue weighted by atomic mass is 10.1. The number of aliphatic hydroxyl groups is 1. The van der Waals surface area contributed by atoms with Gasteiger partial charge in [-0.05, 0) is 24.7 Å². The summed E-state index contributed by atoms with van der Waals surface area (Å²) in [4.78, 5) is 2.16. The Bertz CT molecular complexity index is 424. The van der Waals surface area contributed by atoms with Gasteiger partial charge in [-0.15, -0.1) is 0 Å². The molecule has 5 heteroatoms. The maximum atomic E-state index is 9.26. The van der Waals surface area contributed by atoms with E-state index in [9.17, 15) is 5.11 Å². The lowest BCUT2D eigenvalue weighted by Gasteiger charge is -2.23. The largest absolute Gasteiger partial charge is 0.497 e. The van der Waals surface area contributed by atoms with Crippen LogP contribution in [0.4, 0.5) is 0 Å². The number of ether oxygens (including phenoxy) is 3. The van der Waals surface area contributed by atoms with Crippen molar-refractivity contribution >= 4 is 0 Å². The predicted molar refractivity (Wildman–Crippen MR) is 71.5 cm³/mol. The van der Waals surface area contributed by atoms with E-state index in [4.69, 9.17) is 14.2 Å². The molecule has 1 heterocycles. The molecule has 1 aromatic rings. The number of likely N-dealkylation sites (N-methyl/N-ethyl adjacent to an activating group) is 1. The first-order valence-electron chi connectivity index (χ1n) is 6.45. The van der Waals surface area contributed by atoms with Crippen LogP contribution in [-0.4, -0.2) is 50.0 Å². The second-order valence-corrected chi connectivity index (χ2v) is 4.49. The summed E-state index contributed by atoms with van der Waals surface area (Å²) in [5, 5.41) is 9.26.